The summed E-state index contributed by atoms with van der Waals surface area (Å²) in [5, 5.41) is 7.41. The molecule has 0 saturated carbocycles. The van der Waals surface area contributed by atoms with E-state index in [1.165, 1.54) is 75.5 Å². The van der Waals surface area contributed by atoms with Crippen molar-refractivity contribution in [2.75, 3.05) is 4.90 Å². The maximum atomic E-state index is 6.39. The average Bonchev–Trinajstić information content (AvgIpc) is 4.01. The molecule has 1 aliphatic carbocycles. The fraction of sp³-hybridized carbons (Fsp3) is 0.0169. The summed E-state index contributed by atoms with van der Waals surface area (Å²) in [5.41, 5.74) is 14.4. The van der Waals surface area contributed by atoms with Crippen molar-refractivity contribution in [3.05, 3.63) is 247 Å². The molecule has 0 N–H and O–H groups in total. The smallest absolute Gasteiger partial charge is 0.135 e. The van der Waals surface area contributed by atoms with Crippen LogP contribution in [0.2, 0.25) is 0 Å². The van der Waals surface area contributed by atoms with Gasteiger partial charge in [0.05, 0.1) is 11.1 Å². The molecule has 2 nitrogen and oxygen atoms in total. The molecule has 0 radical (unpaired) electrons. The lowest BCUT2D eigenvalue weighted by Crippen LogP contribution is -2.30. The Hall–Kier alpha value is -7.72. The minimum absolute atomic E-state index is 0.587. The molecule has 0 atom stereocenters. The van der Waals surface area contributed by atoms with Crippen molar-refractivity contribution in [2.45, 2.75) is 5.41 Å². The molecular weight excluding hydrogens is 771 g/mol. The van der Waals surface area contributed by atoms with Gasteiger partial charge >= 0.3 is 0 Å². The molecule has 12 aromatic rings. The summed E-state index contributed by atoms with van der Waals surface area (Å²) in [6.07, 6.45) is 0. The van der Waals surface area contributed by atoms with Crippen LogP contribution < -0.4 is 4.90 Å². The lowest BCUT2D eigenvalue weighted by molar-refractivity contribution is 0.669. The van der Waals surface area contributed by atoms with Gasteiger partial charge in [0.1, 0.15) is 11.2 Å². The van der Waals surface area contributed by atoms with Crippen molar-refractivity contribution in [3.8, 4) is 22.3 Å². The normalized spacial score (nSPS) is 13.0. The van der Waals surface area contributed by atoms with Crippen molar-refractivity contribution in [1.82, 2.24) is 0 Å². The summed E-state index contributed by atoms with van der Waals surface area (Å²) in [6.45, 7) is 0. The zero-order chi connectivity index (χ0) is 40.8. The Kier molecular flexibility index (Phi) is 7.72. The number of furan rings is 1. The van der Waals surface area contributed by atoms with E-state index in [4.69, 9.17) is 4.42 Å². The molecule has 1 aliphatic rings. The van der Waals surface area contributed by atoms with Gasteiger partial charge in [-0.1, -0.05) is 182 Å². The van der Waals surface area contributed by atoms with Crippen molar-refractivity contribution >= 4 is 81.3 Å². The summed E-state index contributed by atoms with van der Waals surface area (Å²) >= 11 is 1.90. The van der Waals surface area contributed by atoms with Crippen molar-refractivity contribution in [1.29, 1.82) is 0 Å². The van der Waals surface area contributed by atoms with Crippen LogP contribution in [0.3, 0.4) is 0 Å². The van der Waals surface area contributed by atoms with Gasteiger partial charge < -0.3 is 9.32 Å². The zero-order valence-electron chi connectivity index (χ0n) is 33.6. The fourth-order valence-electron chi connectivity index (χ4n) is 10.5. The van der Waals surface area contributed by atoms with Crippen LogP contribution in [0.1, 0.15) is 22.3 Å². The number of rotatable bonds is 6. The molecule has 13 rings (SSSR count). The van der Waals surface area contributed by atoms with E-state index in [9.17, 15) is 0 Å². The van der Waals surface area contributed by atoms with E-state index in [0.29, 0.717) is 0 Å². The lowest BCUT2D eigenvalue weighted by atomic mass is 9.67. The molecule has 2 aromatic heterocycles. The fourth-order valence-corrected chi connectivity index (χ4v) is 11.9. The molecule has 0 aliphatic heterocycles. The van der Waals surface area contributed by atoms with E-state index in [0.717, 1.165) is 39.0 Å². The first-order valence-electron chi connectivity index (χ1n) is 21.2. The number of thiophene rings is 1. The van der Waals surface area contributed by atoms with E-state index < -0.39 is 5.41 Å². The zero-order valence-corrected chi connectivity index (χ0v) is 34.4. The second-order valence-electron chi connectivity index (χ2n) is 16.3. The Labute approximate surface area is 363 Å². The van der Waals surface area contributed by atoms with Gasteiger partial charge in [-0.25, -0.2) is 0 Å². The summed E-state index contributed by atoms with van der Waals surface area (Å²) in [7, 11) is 0. The quantitative estimate of drug-likeness (QED) is 0.166. The van der Waals surface area contributed by atoms with Crippen LogP contribution in [0.4, 0.5) is 17.1 Å². The maximum absolute atomic E-state index is 6.39. The summed E-state index contributed by atoms with van der Waals surface area (Å²) in [5.74, 6) is 0. The minimum Gasteiger partial charge on any atom is -0.456 e. The Balaban J connectivity index is 1.06. The van der Waals surface area contributed by atoms with E-state index in [1.807, 2.05) is 17.4 Å². The highest BCUT2D eigenvalue weighted by atomic mass is 32.1. The number of para-hydroxylation sites is 1. The Bertz CT molecular complexity index is 3650. The van der Waals surface area contributed by atoms with Gasteiger partial charge in [0.25, 0.3) is 0 Å². The molecule has 0 amide bonds. The molecule has 0 saturated heterocycles. The van der Waals surface area contributed by atoms with Crippen molar-refractivity contribution < 1.29 is 4.42 Å². The van der Waals surface area contributed by atoms with Crippen LogP contribution in [0.25, 0.3) is 75.1 Å². The number of benzene rings is 10. The second kappa shape index (κ2) is 13.7. The molecule has 2 heterocycles. The third kappa shape index (κ3) is 5.03. The highest BCUT2D eigenvalue weighted by Gasteiger charge is 2.48. The monoisotopic (exact) mass is 807 g/mol. The van der Waals surface area contributed by atoms with Gasteiger partial charge in [0, 0.05) is 47.9 Å². The Morgan fingerprint density at radius 2 is 1.00 bits per heavy atom. The Morgan fingerprint density at radius 1 is 0.387 bits per heavy atom. The largest absolute Gasteiger partial charge is 0.456 e. The molecule has 0 unspecified atom stereocenters. The number of fused-ring (bicyclic) bond motifs is 11. The molecule has 0 fully saturated rings. The highest BCUT2D eigenvalue weighted by molar-refractivity contribution is 7.27. The summed E-state index contributed by atoms with van der Waals surface area (Å²) in [6, 6.07) is 82.3. The third-order valence-corrected chi connectivity index (χ3v) is 14.4. The molecular formula is C59H37NOS. The van der Waals surface area contributed by atoms with Gasteiger partial charge in [-0.05, 0) is 92.2 Å². The summed E-state index contributed by atoms with van der Waals surface area (Å²) in [4.78, 5) is 2.47. The topological polar surface area (TPSA) is 16.4 Å². The molecule has 0 spiro atoms. The predicted octanol–water partition coefficient (Wildman–Crippen LogP) is 16.6. The number of hydrogen-bond donors (Lipinski definition) is 0. The second-order valence-corrected chi connectivity index (χ2v) is 17.4. The van der Waals surface area contributed by atoms with E-state index in [1.54, 1.807) is 0 Å². The SMILES string of the molecule is c1ccc(C2(c3ccccc3)c3ccccc3-c3cccc(N(c4ccc(-c5cccc6c5sc5c7ccccc7ccc65)cc4)c4ccc5oc6ccccc6c5c4)c32)cc1. The van der Waals surface area contributed by atoms with Gasteiger partial charge in [-0.3, -0.25) is 0 Å². The third-order valence-electron chi connectivity index (χ3n) is 13.1. The van der Waals surface area contributed by atoms with Crippen molar-refractivity contribution in [2.24, 2.45) is 0 Å². The van der Waals surface area contributed by atoms with Gasteiger partial charge in [-0.15, -0.1) is 11.3 Å². The number of hydrogen-bond acceptors (Lipinski definition) is 3. The Morgan fingerprint density at radius 3 is 1.82 bits per heavy atom. The minimum atomic E-state index is -0.587. The molecule has 290 valence electrons. The standard InChI is InChI=1S/C59H37NOS/c1-3-16-40(17-4-1)59(41-18-5-2-6-19-41)52-26-11-9-21-46(52)48-24-14-27-53(56(48)59)60(43-34-36-55-51(37-43)47-22-10-12-28-54(47)61-55)42-32-29-39(30-33-42)45-23-13-25-49-50-35-31-38-15-7-8-20-44(38)58(50)62-57(45)49/h1-37H. The van der Waals surface area contributed by atoms with E-state index in [-0.39, 0.29) is 0 Å². The van der Waals surface area contributed by atoms with Crippen LogP contribution in [-0.4, -0.2) is 0 Å². The van der Waals surface area contributed by atoms with Crippen LogP contribution in [0.5, 0.6) is 0 Å². The lowest BCUT2D eigenvalue weighted by Gasteiger charge is -2.38. The summed E-state index contributed by atoms with van der Waals surface area (Å²) < 4.78 is 9.05. The van der Waals surface area contributed by atoms with E-state index >= 15 is 0 Å². The van der Waals surface area contributed by atoms with Crippen LogP contribution >= 0.6 is 11.3 Å². The van der Waals surface area contributed by atoms with Gasteiger partial charge in [0.15, 0.2) is 0 Å². The molecule has 62 heavy (non-hydrogen) atoms. The van der Waals surface area contributed by atoms with Crippen LogP contribution in [-0.2, 0) is 5.41 Å². The first-order chi connectivity index (χ1) is 30.8. The van der Waals surface area contributed by atoms with Gasteiger partial charge in [-0.2, -0.15) is 0 Å². The van der Waals surface area contributed by atoms with Gasteiger partial charge in [0.2, 0.25) is 0 Å². The molecule has 3 heteroatoms. The first kappa shape index (κ1) is 35.1. The van der Waals surface area contributed by atoms with E-state index in [2.05, 4.69) is 223 Å². The number of anilines is 3. The molecule has 10 aromatic carbocycles. The van der Waals surface area contributed by atoms with Crippen LogP contribution in [0, 0.1) is 0 Å². The van der Waals surface area contributed by atoms with Crippen LogP contribution in [0.15, 0.2) is 229 Å². The average molecular weight is 808 g/mol. The highest BCUT2D eigenvalue weighted by Crippen LogP contribution is 2.60. The number of nitrogens with zero attached hydrogens (tertiary/aromatic N) is 1. The first-order valence-corrected chi connectivity index (χ1v) is 22.1. The maximum Gasteiger partial charge on any atom is 0.135 e. The predicted molar refractivity (Wildman–Crippen MR) is 262 cm³/mol. The molecule has 0 bridgehead atoms. The van der Waals surface area contributed by atoms with Crippen molar-refractivity contribution in [3.63, 3.8) is 0 Å².